The van der Waals surface area contributed by atoms with Crippen LogP contribution in [-0.4, -0.2) is 44.1 Å². The van der Waals surface area contributed by atoms with Gasteiger partial charge in [-0.05, 0) is 19.9 Å². The van der Waals surface area contributed by atoms with Crippen molar-refractivity contribution in [3.63, 3.8) is 0 Å². The number of carbonyl (C=O) groups excluding carboxylic acids is 1. The van der Waals surface area contributed by atoms with Crippen LogP contribution in [0.2, 0.25) is 5.02 Å². The number of fused-ring (bicyclic) bond motifs is 1. The van der Waals surface area contributed by atoms with Crippen molar-refractivity contribution >= 4 is 34.4 Å². The molecule has 0 radical (unpaired) electrons. The van der Waals surface area contributed by atoms with Gasteiger partial charge in [0, 0.05) is 23.3 Å². The molecule has 148 valence electrons. The molecule has 3 aromatic rings. The predicted octanol–water partition coefficient (Wildman–Crippen LogP) is 3.54. The average Bonchev–Trinajstić information content (AvgIpc) is 3.01. The highest BCUT2D eigenvalue weighted by Gasteiger charge is 2.33. The zero-order chi connectivity index (χ0) is 20.5. The lowest BCUT2D eigenvalue weighted by Crippen LogP contribution is -2.50. The summed E-state index contributed by atoms with van der Waals surface area (Å²) in [6, 6.07) is 1.73. The number of pyridine rings is 1. The number of carbonyl (C=O) groups is 1. The molecule has 1 amide bonds. The molecule has 3 heterocycles. The SMILES string of the molecule is CC(C)(Nc1cncc(-c2c[nH]c3ncc(Cl)cc23)n1)C(=O)NCC(F)(F)F. The second-order valence-electron chi connectivity index (χ2n) is 6.59. The van der Waals surface area contributed by atoms with Gasteiger partial charge in [-0.25, -0.2) is 9.97 Å². The van der Waals surface area contributed by atoms with Gasteiger partial charge < -0.3 is 15.6 Å². The molecule has 0 unspecified atom stereocenters. The van der Waals surface area contributed by atoms with E-state index < -0.39 is 24.2 Å². The summed E-state index contributed by atoms with van der Waals surface area (Å²) in [5.41, 5.74) is 0.447. The highest BCUT2D eigenvalue weighted by Crippen LogP contribution is 2.28. The number of hydrogen-bond donors (Lipinski definition) is 3. The van der Waals surface area contributed by atoms with E-state index in [-0.39, 0.29) is 5.82 Å². The number of rotatable bonds is 5. The molecule has 3 rings (SSSR count). The maximum Gasteiger partial charge on any atom is 0.405 e. The normalized spacial score (nSPS) is 12.2. The number of amides is 1. The largest absolute Gasteiger partial charge is 0.405 e. The lowest BCUT2D eigenvalue weighted by molar-refractivity contribution is -0.140. The number of nitrogens with zero attached hydrogens (tertiary/aromatic N) is 3. The second kappa shape index (κ2) is 7.27. The third-order valence-corrected chi connectivity index (χ3v) is 4.07. The van der Waals surface area contributed by atoms with Crippen LogP contribution in [0, 0.1) is 0 Å². The van der Waals surface area contributed by atoms with Crippen molar-refractivity contribution in [3.05, 3.63) is 35.9 Å². The van der Waals surface area contributed by atoms with Crippen molar-refractivity contribution in [2.75, 3.05) is 11.9 Å². The van der Waals surface area contributed by atoms with Crippen molar-refractivity contribution < 1.29 is 18.0 Å². The molecule has 7 nitrogen and oxygen atoms in total. The van der Waals surface area contributed by atoms with Crippen LogP contribution < -0.4 is 10.6 Å². The summed E-state index contributed by atoms with van der Waals surface area (Å²) in [5, 5.41) is 5.86. The first-order valence-electron chi connectivity index (χ1n) is 8.13. The quantitative estimate of drug-likeness (QED) is 0.595. The first-order valence-corrected chi connectivity index (χ1v) is 8.51. The van der Waals surface area contributed by atoms with E-state index in [2.05, 4.69) is 25.3 Å². The van der Waals surface area contributed by atoms with Gasteiger partial charge in [-0.1, -0.05) is 11.6 Å². The maximum atomic E-state index is 12.3. The van der Waals surface area contributed by atoms with Gasteiger partial charge in [0.1, 0.15) is 23.5 Å². The number of H-pyrrole nitrogens is 1. The molecule has 0 bridgehead atoms. The Bertz CT molecular complexity index is 1020. The molecule has 0 atom stereocenters. The molecule has 0 fully saturated rings. The fourth-order valence-electron chi connectivity index (χ4n) is 2.52. The first-order chi connectivity index (χ1) is 13.0. The number of alkyl halides is 3. The molecule has 0 aromatic carbocycles. The van der Waals surface area contributed by atoms with Gasteiger partial charge in [0.05, 0.1) is 23.1 Å². The van der Waals surface area contributed by atoms with Crippen LogP contribution >= 0.6 is 11.6 Å². The van der Waals surface area contributed by atoms with E-state index in [4.69, 9.17) is 11.6 Å². The van der Waals surface area contributed by atoms with Gasteiger partial charge in [-0.3, -0.25) is 9.78 Å². The van der Waals surface area contributed by atoms with E-state index in [0.717, 1.165) is 5.39 Å². The summed E-state index contributed by atoms with van der Waals surface area (Å²) in [6.45, 7) is 1.48. The summed E-state index contributed by atoms with van der Waals surface area (Å²) in [5.74, 6) is -0.589. The summed E-state index contributed by atoms with van der Waals surface area (Å²) in [7, 11) is 0. The van der Waals surface area contributed by atoms with Crippen molar-refractivity contribution in [1.29, 1.82) is 0 Å². The highest BCUT2D eigenvalue weighted by atomic mass is 35.5. The molecular formula is C17H16ClF3N6O. The number of aromatic amines is 1. The Morgan fingerprint density at radius 2 is 2.00 bits per heavy atom. The fourth-order valence-corrected chi connectivity index (χ4v) is 2.68. The number of nitrogens with one attached hydrogen (secondary N) is 3. The van der Waals surface area contributed by atoms with Crippen LogP contribution in [0.1, 0.15) is 13.8 Å². The van der Waals surface area contributed by atoms with E-state index in [1.807, 2.05) is 5.32 Å². The van der Waals surface area contributed by atoms with Crippen LogP contribution in [-0.2, 0) is 4.79 Å². The van der Waals surface area contributed by atoms with E-state index in [9.17, 15) is 18.0 Å². The Morgan fingerprint density at radius 1 is 1.25 bits per heavy atom. The van der Waals surface area contributed by atoms with Gasteiger partial charge in [0.25, 0.3) is 0 Å². The molecule has 3 N–H and O–H groups in total. The predicted molar refractivity (Wildman–Crippen MR) is 98.9 cm³/mol. The van der Waals surface area contributed by atoms with Crippen LogP contribution in [0.15, 0.2) is 30.9 Å². The maximum absolute atomic E-state index is 12.3. The second-order valence-corrected chi connectivity index (χ2v) is 7.03. The Morgan fingerprint density at radius 3 is 2.71 bits per heavy atom. The van der Waals surface area contributed by atoms with Gasteiger partial charge >= 0.3 is 6.18 Å². The van der Waals surface area contributed by atoms with Crippen LogP contribution in [0.4, 0.5) is 19.0 Å². The molecule has 0 aliphatic carbocycles. The van der Waals surface area contributed by atoms with Gasteiger partial charge in [0.15, 0.2) is 0 Å². The Labute approximate surface area is 162 Å². The number of halogens is 4. The van der Waals surface area contributed by atoms with Gasteiger partial charge in [-0.2, -0.15) is 13.2 Å². The third kappa shape index (κ3) is 4.50. The smallest absolute Gasteiger partial charge is 0.355 e. The molecule has 0 saturated carbocycles. The monoisotopic (exact) mass is 412 g/mol. The minimum atomic E-state index is -4.49. The van der Waals surface area contributed by atoms with E-state index in [1.165, 1.54) is 32.4 Å². The summed E-state index contributed by atoms with van der Waals surface area (Å²) >= 11 is 6.00. The third-order valence-electron chi connectivity index (χ3n) is 3.87. The fraction of sp³-hybridized carbons (Fsp3) is 0.294. The molecule has 3 aromatic heterocycles. The summed E-state index contributed by atoms with van der Waals surface area (Å²) < 4.78 is 37.0. The van der Waals surface area contributed by atoms with Crippen LogP contribution in [0.25, 0.3) is 22.3 Å². The first kappa shape index (κ1) is 19.9. The molecule has 0 saturated heterocycles. The zero-order valence-electron chi connectivity index (χ0n) is 14.9. The molecule has 11 heteroatoms. The minimum absolute atomic E-state index is 0.231. The van der Waals surface area contributed by atoms with Crippen LogP contribution in [0.3, 0.4) is 0 Å². The summed E-state index contributed by atoms with van der Waals surface area (Å²) in [4.78, 5) is 27.8. The van der Waals surface area contributed by atoms with Crippen molar-refractivity contribution in [2.45, 2.75) is 25.6 Å². The molecular weight excluding hydrogens is 397 g/mol. The van der Waals surface area contributed by atoms with Crippen molar-refractivity contribution in [2.24, 2.45) is 0 Å². The Kier molecular flexibility index (Phi) is 5.16. The number of aromatic nitrogens is 4. The number of anilines is 1. The Balaban J connectivity index is 1.83. The number of hydrogen-bond acceptors (Lipinski definition) is 5. The van der Waals surface area contributed by atoms with Gasteiger partial charge in [-0.15, -0.1) is 0 Å². The minimum Gasteiger partial charge on any atom is -0.355 e. The standard InChI is InChI=1S/C17H16ClF3N6O/c1-16(2,15(28)25-8-17(19,20)21)27-13-7-22-6-12(26-13)11-5-24-14-10(11)3-9(18)4-23-14/h3-7H,8H2,1-2H3,(H,23,24)(H,25,28)(H,26,27). The molecule has 28 heavy (non-hydrogen) atoms. The van der Waals surface area contributed by atoms with Crippen LogP contribution in [0.5, 0.6) is 0 Å². The topological polar surface area (TPSA) is 95.6 Å². The molecule has 0 spiro atoms. The van der Waals surface area contributed by atoms with Crippen molar-refractivity contribution in [1.82, 2.24) is 25.3 Å². The van der Waals surface area contributed by atoms with E-state index in [0.29, 0.717) is 21.9 Å². The lowest BCUT2D eigenvalue weighted by Gasteiger charge is -2.26. The average molecular weight is 413 g/mol. The molecule has 0 aliphatic rings. The Hall–Kier alpha value is -2.88. The molecule has 0 aliphatic heterocycles. The lowest BCUT2D eigenvalue weighted by atomic mass is 10.0. The zero-order valence-corrected chi connectivity index (χ0v) is 15.6. The van der Waals surface area contributed by atoms with E-state index in [1.54, 1.807) is 12.3 Å². The summed E-state index contributed by atoms with van der Waals surface area (Å²) in [6.07, 6.45) is 1.61. The van der Waals surface area contributed by atoms with Crippen molar-refractivity contribution in [3.8, 4) is 11.3 Å². The van der Waals surface area contributed by atoms with Gasteiger partial charge in [0.2, 0.25) is 5.91 Å². The highest BCUT2D eigenvalue weighted by molar-refractivity contribution is 6.31. The van der Waals surface area contributed by atoms with E-state index >= 15 is 0 Å².